The summed E-state index contributed by atoms with van der Waals surface area (Å²) in [7, 11) is -5.57. The zero-order chi connectivity index (χ0) is 13.6. The summed E-state index contributed by atoms with van der Waals surface area (Å²) < 4.78 is 63.1. The third-order valence-corrected chi connectivity index (χ3v) is 4.14. The Balaban J connectivity index is 2.28. The summed E-state index contributed by atoms with van der Waals surface area (Å²) in [6.07, 6.45) is 5.63. The molecule has 0 bridgehead atoms. The van der Waals surface area contributed by atoms with Gasteiger partial charge in [0.15, 0.2) is 0 Å². The van der Waals surface area contributed by atoms with E-state index in [1.165, 1.54) is 6.08 Å². The maximum Gasteiger partial charge on any atom is 0.534 e. The van der Waals surface area contributed by atoms with Crippen LogP contribution in [0.2, 0.25) is 0 Å². The van der Waals surface area contributed by atoms with Crippen LogP contribution in [0.1, 0.15) is 26.2 Å². The molecule has 0 saturated carbocycles. The van der Waals surface area contributed by atoms with E-state index in [-0.39, 0.29) is 17.6 Å². The molecule has 102 valence electrons. The van der Waals surface area contributed by atoms with Gasteiger partial charge in [-0.05, 0) is 42.7 Å². The Hall–Kier alpha value is -0.980. The largest absolute Gasteiger partial charge is 0.534 e. The van der Waals surface area contributed by atoms with Crippen LogP contribution in [-0.4, -0.2) is 13.9 Å². The van der Waals surface area contributed by atoms with Crippen molar-refractivity contribution in [2.45, 2.75) is 31.7 Å². The molecule has 0 aromatic rings. The van der Waals surface area contributed by atoms with Gasteiger partial charge in [0.1, 0.15) is 5.76 Å². The van der Waals surface area contributed by atoms with Crippen molar-refractivity contribution in [3.8, 4) is 0 Å². The van der Waals surface area contributed by atoms with Crippen molar-refractivity contribution in [1.29, 1.82) is 0 Å². The summed E-state index contributed by atoms with van der Waals surface area (Å²) in [5, 5.41) is 0. The van der Waals surface area contributed by atoms with Crippen LogP contribution in [0.25, 0.3) is 0 Å². The molecule has 0 saturated heterocycles. The number of fused-ring (bicyclic) bond motifs is 1. The highest BCUT2D eigenvalue weighted by molar-refractivity contribution is 7.87. The summed E-state index contributed by atoms with van der Waals surface area (Å²) in [4.78, 5) is 0. The van der Waals surface area contributed by atoms with Gasteiger partial charge < -0.3 is 4.18 Å². The molecule has 3 nitrogen and oxygen atoms in total. The molecule has 0 radical (unpaired) electrons. The molecular formula is C11H13F3O3S. The van der Waals surface area contributed by atoms with Crippen molar-refractivity contribution in [3.05, 3.63) is 23.5 Å². The van der Waals surface area contributed by atoms with Crippen molar-refractivity contribution >= 4 is 10.1 Å². The second-order valence-electron chi connectivity index (χ2n) is 4.66. The summed E-state index contributed by atoms with van der Waals surface area (Å²) in [6, 6.07) is 0. The summed E-state index contributed by atoms with van der Waals surface area (Å²) in [5.41, 5.74) is -4.79. The van der Waals surface area contributed by atoms with Crippen LogP contribution in [0.3, 0.4) is 0 Å². The second kappa shape index (κ2) is 4.29. The maximum atomic E-state index is 12.3. The molecule has 0 N–H and O–H groups in total. The van der Waals surface area contributed by atoms with Crippen LogP contribution < -0.4 is 0 Å². The van der Waals surface area contributed by atoms with E-state index in [0.717, 1.165) is 19.3 Å². The van der Waals surface area contributed by atoms with Crippen molar-refractivity contribution in [3.63, 3.8) is 0 Å². The first-order valence-electron chi connectivity index (χ1n) is 5.63. The van der Waals surface area contributed by atoms with Gasteiger partial charge in [0, 0.05) is 0 Å². The zero-order valence-corrected chi connectivity index (χ0v) is 10.5. The molecule has 0 aromatic heterocycles. The Labute approximate surface area is 103 Å². The van der Waals surface area contributed by atoms with E-state index in [4.69, 9.17) is 0 Å². The average molecular weight is 282 g/mol. The Bertz CT molecular complexity index is 502. The summed E-state index contributed by atoms with van der Waals surface area (Å²) in [6.45, 7) is 1.83. The van der Waals surface area contributed by atoms with E-state index < -0.39 is 15.6 Å². The van der Waals surface area contributed by atoms with Crippen LogP contribution in [0.5, 0.6) is 0 Å². The zero-order valence-electron chi connectivity index (χ0n) is 9.70. The third-order valence-electron chi connectivity index (χ3n) is 3.18. The Morgan fingerprint density at radius 1 is 1.39 bits per heavy atom. The molecule has 7 heteroatoms. The molecule has 2 aliphatic carbocycles. The Kier molecular flexibility index (Phi) is 3.21. The fourth-order valence-electron chi connectivity index (χ4n) is 2.42. The molecular weight excluding hydrogens is 269 g/mol. The highest BCUT2D eigenvalue weighted by Crippen LogP contribution is 2.42. The first kappa shape index (κ1) is 13.5. The predicted molar refractivity (Wildman–Crippen MR) is 58.7 cm³/mol. The fourth-order valence-corrected chi connectivity index (χ4v) is 2.90. The molecule has 0 amide bonds. The first-order valence-corrected chi connectivity index (χ1v) is 7.04. The van der Waals surface area contributed by atoms with Crippen LogP contribution >= 0.6 is 0 Å². The quantitative estimate of drug-likeness (QED) is 0.577. The minimum Gasteiger partial charge on any atom is -0.376 e. The van der Waals surface area contributed by atoms with E-state index in [2.05, 4.69) is 4.18 Å². The molecule has 0 aromatic carbocycles. The van der Waals surface area contributed by atoms with Gasteiger partial charge in [-0.15, -0.1) is 0 Å². The van der Waals surface area contributed by atoms with Gasteiger partial charge >= 0.3 is 15.6 Å². The molecule has 0 aliphatic heterocycles. The number of hydrogen-bond donors (Lipinski definition) is 0. The summed E-state index contributed by atoms with van der Waals surface area (Å²) >= 11 is 0. The molecule has 2 rings (SSSR count). The van der Waals surface area contributed by atoms with Crippen LogP contribution in [0.15, 0.2) is 23.5 Å². The highest BCUT2D eigenvalue weighted by Gasteiger charge is 2.49. The summed E-state index contributed by atoms with van der Waals surface area (Å²) in [5.74, 6) is -0.0132. The number of hydrogen-bond acceptors (Lipinski definition) is 3. The Morgan fingerprint density at radius 3 is 2.67 bits per heavy atom. The second-order valence-corrected chi connectivity index (χ2v) is 6.20. The lowest BCUT2D eigenvalue weighted by Gasteiger charge is -2.26. The van der Waals surface area contributed by atoms with Crippen LogP contribution in [0, 0.1) is 11.8 Å². The molecule has 0 heterocycles. The van der Waals surface area contributed by atoms with Crippen molar-refractivity contribution in [2.24, 2.45) is 11.8 Å². The smallest absolute Gasteiger partial charge is 0.376 e. The van der Waals surface area contributed by atoms with Gasteiger partial charge in [0.05, 0.1) is 0 Å². The molecule has 18 heavy (non-hydrogen) atoms. The minimum absolute atomic E-state index is 0.0173. The number of alkyl halides is 3. The highest BCUT2D eigenvalue weighted by atomic mass is 32.2. The predicted octanol–water partition coefficient (Wildman–Crippen LogP) is 3.11. The van der Waals surface area contributed by atoms with Crippen molar-refractivity contribution in [1.82, 2.24) is 0 Å². The molecule has 0 spiro atoms. The normalized spacial score (nSPS) is 28.4. The standard InChI is InChI=1S/C11H13F3O3S/c1-7-5-8-3-2-4-9(8)10(6-7)17-18(15,16)11(12,13)14/h4,6-8H,2-3,5H2,1H3/t7-,8+/m0/s1. The van der Waals surface area contributed by atoms with Crippen molar-refractivity contribution < 1.29 is 25.8 Å². The van der Waals surface area contributed by atoms with E-state index in [0.29, 0.717) is 5.57 Å². The van der Waals surface area contributed by atoms with Gasteiger partial charge in [-0.1, -0.05) is 13.0 Å². The first-order chi connectivity index (χ1) is 8.21. The van der Waals surface area contributed by atoms with E-state index in [1.807, 2.05) is 6.92 Å². The topological polar surface area (TPSA) is 43.4 Å². The Morgan fingerprint density at radius 2 is 2.06 bits per heavy atom. The minimum atomic E-state index is -5.57. The number of rotatable bonds is 2. The van der Waals surface area contributed by atoms with Crippen LogP contribution in [0.4, 0.5) is 13.2 Å². The van der Waals surface area contributed by atoms with Gasteiger partial charge in [-0.3, -0.25) is 0 Å². The lowest BCUT2D eigenvalue weighted by molar-refractivity contribution is -0.0521. The maximum absolute atomic E-state index is 12.3. The lowest BCUT2D eigenvalue weighted by atomic mass is 9.84. The van der Waals surface area contributed by atoms with Gasteiger partial charge in [-0.2, -0.15) is 21.6 Å². The SMILES string of the molecule is C[C@@H]1C=C(OS(=O)(=O)C(F)(F)F)C2=CCC[C@@H]2C1. The fraction of sp³-hybridized carbons (Fsp3) is 0.636. The molecule has 2 aliphatic rings. The third kappa shape index (κ3) is 2.41. The van der Waals surface area contributed by atoms with Crippen LogP contribution in [-0.2, 0) is 14.3 Å². The lowest BCUT2D eigenvalue weighted by Crippen LogP contribution is -2.27. The van der Waals surface area contributed by atoms with Crippen molar-refractivity contribution in [2.75, 3.05) is 0 Å². The van der Waals surface area contributed by atoms with Gasteiger partial charge in [-0.25, -0.2) is 0 Å². The van der Waals surface area contributed by atoms with E-state index in [9.17, 15) is 21.6 Å². The molecule has 0 fully saturated rings. The van der Waals surface area contributed by atoms with E-state index in [1.54, 1.807) is 6.08 Å². The monoisotopic (exact) mass is 282 g/mol. The average Bonchev–Trinajstić information content (AvgIpc) is 2.62. The van der Waals surface area contributed by atoms with Gasteiger partial charge in [0.2, 0.25) is 0 Å². The van der Waals surface area contributed by atoms with E-state index >= 15 is 0 Å². The molecule has 0 unspecified atom stereocenters. The number of allylic oxidation sites excluding steroid dienone is 3. The number of halogens is 3. The molecule has 2 atom stereocenters. The van der Waals surface area contributed by atoms with Gasteiger partial charge in [0.25, 0.3) is 0 Å².